The van der Waals surface area contributed by atoms with Gasteiger partial charge in [-0.25, -0.2) is 0 Å². The van der Waals surface area contributed by atoms with E-state index in [-0.39, 0.29) is 10.8 Å². The first kappa shape index (κ1) is 13.4. The minimum Gasteiger partial charge on any atom is -0.445 e. The van der Waals surface area contributed by atoms with Gasteiger partial charge in [-0.2, -0.15) is 10.6 Å². The first-order chi connectivity index (χ1) is 5.68. The van der Waals surface area contributed by atoms with Gasteiger partial charge < -0.3 is 8.99 Å². The summed E-state index contributed by atoms with van der Waals surface area (Å²) in [5.41, 5.74) is 0.201. The average molecular weight is 269 g/mol. The molecule has 0 aliphatic carbocycles. The van der Waals surface area contributed by atoms with Crippen LogP contribution >= 0.6 is 15.9 Å². The lowest BCUT2D eigenvalue weighted by Gasteiger charge is -2.35. The Kier molecular flexibility index (Phi) is 4.94. The number of hydrogen-bond acceptors (Lipinski definition) is 3. The van der Waals surface area contributed by atoms with Gasteiger partial charge in [0, 0.05) is 5.33 Å². The molecule has 0 aromatic carbocycles. The van der Waals surface area contributed by atoms with Gasteiger partial charge in [-0.05, 0) is 11.8 Å². The van der Waals surface area contributed by atoms with Crippen LogP contribution in [0.15, 0.2) is 0 Å². The van der Waals surface area contributed by atoms with E-state index >= 15 is 0 Å². The van der Waals surface area contributed by atoms with Crippen molar-refractivity contribution in [3.63, 3.8) is 0 Å². The molecule has 80 valence electrons. The van der Waals surface area contributed by atoms with Gasteiger partial charge in [0.25, 0.3) is 0 Å². The monoisotopic (exact) mass is 268 g/mol. The van der Waals surface area contributed by atoms with Crippen molar-refractivity contribution in [2.75, 3.05) is 11.1 Å². The highest BCUT2D eigenvalue weighted by Gasteiger charge is 2.25. The van der Waals surface area contributed by atoms with Crippen molar-refractivity contribution in [1.82, 2.24) is 0 Å². The molecule has 0 bridgehead atoms. The standard InChI is InChI=1S/C9H19BrNOS/c1-8(2,6-10)5-9(3,4)7-13(11)12/h11H,5-7H2,1-4H3/q-1. The van der Waals surface area contributed by atoms with Crippen molar-refractivity contribution in [2.24, 2.45) is 10.8 Å². The highest BCUT2D eigenvalue weighted by molar-refractivity contribution is 9.09. The van der Waals surface area contributed by atoms with Crippen LogP contribution in [-0.2, 0) is 14.8 Å². The molecule has 4 heteroatoms. The number of nitrogens with one attached hydrogen (secondary N) is 1. The quantitative estimate of drug-likeness (QED) is 0.601. The van der Waals surface area contributed by atoms with E-state index in [1.165, 1.54) is 0 Å². The van der Waals surface area contributed by atoms with Crippen LogP contribution in [0.4, 0.5) is 0 Å². The summed E-state index contributed by atoms with van der Waals surface area (Å²) in [4.78, 5) is 0. The van der Waals surface area contributed by atoms with Crippen LogP contribution in [-0.4, -0.2) is 11.1 Å². The van der Waals surface area contributed by atoms with E-state index < -0.39 is 10.6 Å². The van der Waals surface area contributed by atoms with Gasteiger partial charge in [0.15, 0.2) is 0 Å². The Bertz CT molecular complexity index is 226. The second-order valence-corrected chi connectivity index (χ2v) is 6.67. The normalized spacial score (nSPS) is 13.7. The van der Waals surface area contributed by atoms with E-state index in [1.807, 2.05) is 0 Å². The zero-order valence-electron chi connectivity index (χ0n) is 8.82. The van der Waals surface area contributed by atoms with Crippen molar-refractivity contribution >= 4 is 26.5 Å². The third kappa shape index (κ3) is 6.49. The highest BCUT2D eigenvalue weighted by Crippen LogP contribution is 2.34. The Morgan fingerprint density at radius 2 is 1.69 bits per heavy atom. The average Bonchev–Trinajstić information content (AvgIpc) is 1.81. The molecule has 0 unspecified atom stereocenters. The molecule has 13 heavy (non-hydrogen) atoms. The summed E-state index contributed by atoms with van der Waals surface area (Å²) in [7, 11) is -1.44. The third-order valence-corrected chi connectivity index (χ3v) is 4.40. The van der Waals surface area contributed by atoms with Crippen molar-refractivity contribution in [1.29, 1.82) is 4.78 Å². The summed E-state index contributed by atoms with van der Waals surface area (Å²) in [6.07, 6.45) is 0.982. The van der Waals surface area contributed by atoms with Gasteiger partial charge >= 0.3 is 0 Å². The van der Waals surface area contributed by atoms with Crippen molar-refractivity contribution in [3.05, 3.63) is 0 Å². The molecule has 0 amide bonds. The molecule has 0 aromatic rings. The lowest BCUT2D eigenvalue weighted by molar-refractivity contribution is 0.243. The first-order valence-corrected chi connectivity index (χ1v) is 6.78. The van der Waals surface area contributed by atoms with Gasteiger partial charge in [0.1, 0.15) is 0 Å². The minimum atomic E-state index is -1.44. The smallest absolute Gasteiger partial charge is 0.00828 e. The molecule has 0 radical (unpaired) electrons. The van der Waals surface area contributed by atoms with Crippen molar-refractivity contribution < 1.29 is 4.21 Å². The van der Waals surface area contributed by atoms with E-state index in [9.17, 15) is 4.21 Å². The summed E-state index contributed by atoms with van der Waals surface area (Å²) in [5, 5.41) is 0.939. The van der Waals surface area contributed by atoms with Gasteiger partial charge in [-0.3, -0.25) is 0 Å². The van der Waals surface area contributed by atoms with Crippen LogP contribution in [0.25, 0.3) is 0 Å². The molecule has 0 aliphatic rings. The Morgan fingerprint density at radius 1 is 1.23 bits per heavy atom. The maximum absolute atomic E-state index is 10.8. The fourth-order valence-electron chi connectivity index (χ4n) is 1.75. The molecule has 1 N–H and O–H groups in total. The van der Waals surface area contributed by atoms with Crippen LogP contribution in [0, 0.1) is 15.6 Å². The Balaban J connectivity index is 4.32. The zero-order chi connectivity index (χ0) is 10.7. The predicted molar refractivity (Wildman–Crippen MR) is 61.6 cm³/mol. The largest absolute Gasteiger partial charge is 0.445 e. The molecular formula is C9H19BrNOS-. The Labute approximate surface area is 91.6 Å². The molecule has 2 nitrogen and oxygen atoms in total. The molecule has 0 aromatic heterocycles. The number of halogens is 1. The fraction of sp³-hybridized carbons (Fsp3) is 1.00. The van der Waals surface area contributed by atoms with Crippen molar-refractivity contribution in [3.8, 4) is 0 Å². The maximum atomic E-state index is 10.8. The molecular weight excluding hydrogens is 250 g/mol. The van der Waals surface area contributed by atoms with E-state index in [4.69, 9.17) is 4.78 Å². The second-order valence-electron chi connectivity index (χ2n) is 5.13. The molecule has 0 spiro atoms. The first-order valence-electron chi connectivity index (χ1n) is 4.34. The SMILES string of the molecule is CC(C)(CBr)CC(C)(C)C[S-](=N)=O. The minimum absolute atomic E-state index is 0.0100. The van der Waals surface area contributed by atoms with Crippen LogP contribution in [0.1, 0.15) is 34.1 Å². The van der Waals surface area contributed by atoms with Crippen LogP contribution < -0.4 is 0 Å². The summed E-state index contributed by atoms with van der Waals surface area (Å²) in [6.45, 7) is 8.50. The number of rotatable bonds is 5. The highest BCUT2D eigenvalue weighted by atomic mass is 79.9. The lowest BCUT2D eigenvalue weighted by Crippen LogP contribution is -2.27. The summed E-state index contributed by atoms with van der Waals surface area (Å²) >= 11 is 3.47. The second kappa shape index (κ2) is 4.78. The summed E-state index contributed by atoms with van der Waals surface area (Å²) in [6, 6.07) is 0. The number of hydrogen-bond donors (Lipinski definition) is 1. The van der Waals surface area contributed by atoms with Gasteiger partial charge in [-0.15, -0.1) is 0 Å². The molecule has 0 atom stereocenters. The fourth-order valence-corrected chi connectivity index (χ4v) is 2.76. The molecule has 0 aliphatic heterocycles. The third-order valence-electron chi connectivity index (χ3n) is 1.84. The van der Waals surface area contributed by atoms with E-state index in [1.54, 1.807) is 0 Å². The van der Waals surface area contributed by atoms with Gasteiger partial charge in [0.05, 0.1) is 0 Å². The molecule has 0 rings (SSSR count). The van der Waals surface area contributed by atoms with Crippen LogP contribution in [0.2, 0.25) is 0 Å². The maximum Gasteiger partial charge on any atom is 0.00828 e. The Morgan fingerprint density at radius 3 is 2.00 bits per heavy atom. The number of alkyl halides is 1. The molecule has 0 fully saturated rings. The van der Waals surface area contributed by atoms with Crippen molar-refractivity contribution in [2.45, 2.75) is 34.1 Å². The Hall–Kier alpha value is 0.430. The van der Waals surface area contributed by atoms with E-state index in [0.29, 0.717) is 5.75 Å². The van der Waals surface area contributed by atoms with Gasteiger partial charge in [0.2, 0.25) is 0 Å². The lowest BCUT2D eigenvalue weighted by atomic mass is 9.77. The predicted octanol–water partition coefficient (Wildman–Crippen LogP) is 3.55. The topological polar surface area (TPSA) is 40.9 Å². The van der Waals surface area contributed by atoms with E-state index in [0.717, 1.165) is 11.8 Å². The zero-order valence-corrected chi connectivity index (χ0v) is 11.2. The van der Waals surface area contributed by atoms with Crippen LogP contribution in [0.5, 0.6) is 0 Å². The van der Waals surface area contributed by atoms with E-state index in [2.05, 4.69) is 43.6 Å². The van der Waals surface area contributed by atoms with Gasteiger partial charge in [-0.1, -0.05) is 54.8 Å². The van der Waals surface area contributed by atoms with Crippen LogP contribution in [0.3, 0.4) is 0 Å². The molecule has 0 saturated carbocycles. The summed E-state index contributed by atoms with van der Waals surface area (Å²) < 4.78 is 17.9. The summed E-state index contributed by atoms with van der Waals surface area (Å²) in [5.74, 6) is 0.462. The molecule has 0 saturated heterocycles. The molecule has 0 heterocycles.